The Morgan fingerprint density at radius 1 is 1.00 bits per heavy atom. The molecule has 4 aliphatic rings. The molecule has 2 nitrogen and oxygen atoms in total. The Morgan fingerprint density at radius 2 is 1.83 bits per heavy atom. The molecule has 0 aromatic heterocycles. The second-order valence-electron chi connectivity index (χ2n) is 6.34. The number of allylic oxidation sites excluding steroid dienone is 3. The minimum Gasteiger partial charge on any atom is -0.378 e. The van der Waals surface area contributed by atoms with Gasteiger partial charge in [-0.2, -0.15) is 0 Å². The zero-order chi connectivity index (χ0) is 11.9. The number of morpholine rings is 1. The van der Waals surface area contributed by atoms with Crippen molar-refractivity contribution in [2.45, 2.75) is 63.1 Å². The maximum atomic E-state index is 5.72. The molecule has 2 saturated heterocycles. The van der Waals surface area contributed by atoms with Gasteiger partial charge in [0.1, 0.15) is 0 Å². The van der Waals surface area contributed by atoms with Gasteiger partial charge in [0.05, 0.1) is 13.2 Å². The van der Waals surface area contributed by atoms with Crippen molar-refractivity contribution in [3.63, 3.8) is 0 Å². The molecule has 18 heavy (non-hydrogen) atoms. The van der Waals surface area contributed by atoms with Crippen LogP contribution in [0.5, 0.6) is 0 Å². The fourth-order valence-electron chi connectivity index (χ4n) is 4.47. The summed E-state index contributed by atoms with van der Waals surface area (Å²) in [7, 11) is 0. The van der Waals surface area contributed by atoms with Crippen molar-refractivity contribution >= 4 is 0 Å². The van der Waals surface area contributed by atoms with Crippen LogP contribution >= 0.6 is 0 Å². The number of fused-ring (bicyclic) bond motifs is 2. The average molecular weight is 245 g/mol. The van der Waals surface area contributed by atoms with Crippen LogP contribution in [-0.4, -0.2) is 36.2 Å². The van der Waals surface area contributed by atoms with E-state index in [0.717, 1.165) is 31.3 Å². The Morgan fingerprint density at radius 3 is 2.67 bits per heavy atom. The van der Waals surface area contributed by atoms with Crippen molar-refractivity contribution in [1.29, 1.82) is 0 Å². The number of rotatable bonds is 1. The van der Waals surface area contributed by atoms with Gasteiger partial charge in [-0.1, -0.05) is 17.7 Å². The first kappa shape index (κ1) is 11.2. The van der Waals surface area contributed by atoms with E-state index in [2.05, 4.69) is 17.1 Å². The van der Waals surface area contributed by atoms with Crippen molar-refractivity contribution in [1.82, 2.24) is 4.90 Å². The molecule has 3 unspecified atom stereocenters. The fourth-order valence-corrected chi connectivity index (χ4v) is 4.47. The van der Waals surface area contributed by atoms with Gasteiger partial charge in [-0.3, -0.25) is 4.90 Å². The van der Waals surface area contributed by atoms with Gasteiger partial charge in [-0.25, -0.2) is 0 Å². The van der Waals surface area contributed by atoms with E-state index in [4.69, 9.17) is 4.74 Å². The molecular formula is C16H23NO. The SMILES string of the molecule is C1=CC2=C(CC1)CCC(N1C3CCC1COC3)C2. The van der Waals surface area contributed by atoms with Crippen molar-refractivity contribution < 1.29 is 4.74 Å². The number of hydrogen-bond acceptors (Lipinski definition) is 2. The Labute approximate surface area is 110 Å². The maximum absolute atomic E-state index is 5.72. The van der Waals surface area contributed by atoms with Crippen LogP contribution in [0, 0.1) is 0 Å². The second kappa shape index (κ2) is 4.50. The van der Waals surface area contributed by atoms with Crippen molar-refractivity contribution in [3.05, 3.63) is 23.3 Å². The molecular weight excluding hydrogens is 222 g/mol. The molecule has 98 valence electrons. The highest BCUT2D eigenvalue weighted by molar-refractivity contribution is 5.32. The standard InChI is InChI=1S/C16H23NO/c1-2-4-13-9-14(6-5-12(13)3-1)17-15-7-8-16(17)11-18-10-15/h2,4,14-16H,1,3,5-11H2. The Hall–Kier alpha value is -0.600. The van der Waals surface area contributed by atoms with Crippen LogP contribution in [0.25, 0.3) is 0 Å². The molecule has 0 saturated carbocycles. The van der Waals surface area contributed by atoms with Gasteiger partial charge in [0, 0.05) is 18.1 Å². The lowest BCUT2D eigenvalue weighted by molar-refractivity contribution is -0.0386. The highest BCUT2D eigenvalue weighted by Gasteiger charge is 2.42. The van der Waals surface area contributed by atoms with Crippen LogP contribution in [0.15, 0.2) is 23.3 Å². The summed E-state index contributed by atoms with van der Waals surface area (Å²) in [5, 5.41) is 0. The van der Waals surface area contributed by atoms with Crippen LogP contribution in [-0.2, 0) is 4.74 Å². The van der Waals surface area contributed by atoms with Gasteiger partial charge in [0.2, 0.25) is 0 Å². The molecule has 0 aromatic carbocycles. The van der Waals surface area contributed by atoms with Gasteiger partial charge < -0.3 is 4.74 Å². The molecule has 3 atom stereocenters. The summed E-state index contributed by atoms with van der Waals surface area (Å²) < 4.78 is 5.72. The predicted molar refractivity (Wildman–Crippen MR) is 72.5 cm³/mol. The number of ether oxygens (including phenoxy) is 1. The van der Waals surface area contributed by atoms with E-state index in [9.17, 15) is 0 Å². The topological polar surface area (TPSA) is 12.5 Å². The van der Waals surface area contributed by atoms with Crippen molar-refractivity contribution in [2.75, 3.05) is 13.2 Å². The molecule has 2 heterocycles. The zero-order valence-electron chi connectivity index (χ0n) is 11.1. The average Bonchev–Trinajstić information content (AvgIpc) is 2.68. The molecule has 2 aliphatic heterocycles. The monoisotopic (exact) mass is 245 g/mol. The molecule has 2 aliphatic carbocycles. The van der Waals surface area contributed by atoms with Crippen LogP contribution in [0.4, 0.5) is 0 Å². The van der Waals surface area contributed by atoms with Gasteiger partial charge in [-0.15, -0.1) is 0 Å². The van der Waals surface area contributed by atoms with E-state index in [0.29, 0.717) is 0 Å². The highest BCUT2D eigenvalue weighted by atomic mass is 16.5. The van der Waals surface area contributed by atoms with E-state index >= 15 is 0 Å². The van der Waals surface area contributed by atoms with E-state index < -0.39 is 0 Å². The lowest BCUT2D eigenvalue weighted by Crippen LogP contribution is -2.51. The normalized spacial score (nSPS) is 40.1. The lowest BCUT2D eigenvalue weighted by atomic mass is 9.82. The summed E-state index contributed by atoms with van der Waals surface area (Å²) in [5.41, 5.74) is 3.43. The molecule has 0 aromatic rings. The number of nitrogens with zero attached hydrogens (tertiary/aromatic N) is 1. The van der Waals surface area contributed by atoms with Crippen LogP contribution in [0.3, 0.4) is 0 Å². The Balaban J connectivity index is 1.53. The third-order valence-corrected chi connectivity index (χ3v) is 5.34. The molecule has 2 fully saturated rings. The summed E-state index contributed by atoms with van der Waals surface area (Å²) in [5.74, 6) is 0. The van der Waals surface area contributed by atoms with E-state index in [1.807, 2.05) is 0 Å². The Kier molecular flexibility index (Phi) is 2.81. The van der Waals surface area contributed by atoms with Gasteiger partial charge in [0.15, 0.2) is 0 Å². The highest BCUT2D eigenvalue weighted by Crippen LogP contribution is 2.39. The smallest absolute Gasteiger partial charge is 0.0622 e. The zero-order valence-corrected chi connectivity index (χ0v) is 11.1. The molecule has 0 radical (unpaired) electrons. The Bertz CT molecular complexity index is 382. The third-order valence-electron chi connectivity index (χ3n) is 5.34. The van der Waals surface area contributed by atoms with E-state index in [1.54, 1.807) is 11.1 Å². The summed E-state index contributed by atoms with van der Waals surface area (Å²) in [6.45, 7) is 1.96. The summed E-state index contributed by atoms with van der Waals surface area (Å²) in [4.78, 5) is 2.83. The molecule has 0 spiro atoms. The third kappa shape index (κ3) is 1.78. The van der Waals surface area contributed by atoms with Gasteiger partial charge >= 0.3 is 0 Å². The minimum atomic E-state index is 0.725. The molecule has 4 rings (SSSR count). The first-order valence-electron chi connectivity index (χ1n) is 7.64. The van der Waals surface area contributed by atoms with Crippen molar-refractivity contribution in [3.8, 4) is 0 Å². The predicted octanol–water partition coefficient (Wildman–Crippen LogP) is 3.05. The van der Waals surface area contributed by atoms with Gasteiger partial charge in [0.25, 0.3) is 0 Å². The molecule has 0 N–H and O–H groups in total. The van der Waals surface area contributed by atoms with Gasteiger partial charge in [-0.05, 0) is 50.5 Å². The summed E-state index contributed by atoms with van der Waals surface area (Å²) in [6, 6.07) is 2.25. The maximum Gasteiger partial charge on any atom is 0.0622 e. The van der Waals surface area contributed by atoms with E-state index in [1.165, 1.54) is 44.9 Å². The quantitative estimate of drug-likeness (QED) is 0.704. The van der Waals surface area contributed by atoms with Crippen LogP contribution in [0.1, 0.15) is 44.9 Å². The fraction of sp³-hybridized carbons (Fsp3) is 0.750. The largest absolute Gasteiger partial charge is 0.378 e. The molecule has 2 heteroatoms. The minimum absolute atomic E-state index is 0.725. The first-order valence-corrected chi connectivity index (χ1v) is 7.64. The van der Waals surface area contributed by atoms with E-state index in [-0.39, 0.29) is 0 Å². The molecule has 0 amide bonds. The van der Waals surface area contributed by atoms with Crippen molar-refractivity contribution in [2.24, 2.45) is 0 Å². The lowest BCUT2D eigenvalue weighted by Gasteiger charge is -2.43. The number of hydrogen-bond donors (Lipinski definition) is 0. The van der Waals surface area contributed by atoms with Crippen LogP contribution in [0.2, 0.25) is 0 Å². The second-order valence-corrected chi connectivity index (χ2v) is 6.34. The van der Waals surface area contributed by atoms with Crippen LogP contribution < -0.4 is 0 Å². The summed E-state index contributed by atoms with van der Waals surface area (Å²) in [6.07, 6.45) is 14.1. The first-order chi connectivity index (χ1) is 8.92. The molecule has 2 bridgehead atoms. The summed E-state index contributed by atoms with van der Waals surface area (Å²) >= 11 is 0.